The summed E-state index contributed by atoms with van der Waals surface area (Å²) in [5.74, 6) is -1.46. The molecular formula is C24H16ClN3O3. The predicted octanol–water partition coefficient (Wildman–Crippen LogP) is 4.25. The second kappa shape index (κ2) is 7.41. The van der Waals surface area contributed by atoms with Gasteiger partial charge in [0.15, 0.2) is 0 Å². The number of rotatable bonds is 3. The van der Waals surface area contributed by atoms with Crippen LogP contribution in [-0.2, 0) is 16.1 Å². The third-order valence-corrected chi connectivity index (χ3v) is 5.52. The second-order valence-corrected chi connectivity index (χ2v) is 7.79. The van der Waals surface area contributed by atoms with Gasteiger partial charge in [0.1, 0.15) is 5.57 Å². The molecule has 31 heavy (non-hydrogen) atoms. The van der Waals surface area contributed by atoms with Gasteiger partial charge < -0.3 is 4.57 Å². The number of hydrogen-bond acceptors (Lipinski definition) is 3. The van der Waals surface area contributed by atoms with Crippen molar-refractivity contribution in [3.8, 4) is 0 Å². The molecule has 0 bridgehead atoms. The van der Waals surface area contributed by atoms with Crippen molar-refractivity contribution in [2.45, 2.75) is 6.54 Å². The van der Waals surface area contributed by atoms with Gasteiger partial charge in [0.25, 0.3) is 11.8 Å². The first-order chi connectivity index (χ1) is 15.0. The number of fused-ring (bicyclic) bond motifs is 2. The number of nitrogens with zero attached hydrogens (tertiary/aromatic N) is 1. The Kier molecular flexibility index (Phi) is 4.56. The Balaban J connectivity index is 1.59. The fraction of sp³-hybridized carbons (Fsp3) is 0.0417. The van der Waals surface area contributed by atoms with Crippen LogP contribution in [0.1, 0.15) is 11.1 Å². The third-order valence-electron chi connectivity index (χ3n) is 5.28. The molecule has 6 nitrogen and oxygen atoms in total. The molecule has 1 saturated heterocycles. The number of halogens is 1. The molecule has 3 aromatic carbocycles. The molecule has 152 valence electrons. The number of urea groups is 1. The zero-order valence-electron chi connectivity index (χ0n) is 16.2. The third kappa shape index (κ3) is 3.58. The number of amides is 4. The van der Waals surface area contributed by atoms with Crippen molar-refractivity contribution in [1.82, 2.24) is 15.2 Å². The van der Waals surface area contributed by atoms with Crippen LogP contribution in [0, 0.1) is 0 Å². The van der Waals surface area contributed by atoms with E-state index in [4.69, 9.17) is 11.6 Å². The SMILES string of the molecule is O=C1NC(=O)C(=Cc2cn(Cc3ccc4ccccc4c3)c3ccc(Cl)cc23)C(=O)N1. The largest absolute Gasteiger partial charge is 0.342 e. The lowest BCUT2D eigenvalue weighted by molar-refractivity contribution is -0.123. The molecule has 0 unspecified atom stereocenters. The minimum atomic E-state index is -0.825. The van der Waals surface area contributed by atoms with Gasteiger partial charge in [0.05, 0.1) is 0 Å². The maximum Gasteiger partial charge on any atom is 0.328 e. The van der Waals surface area contributed by atoms with E-state index in [2.05, 4.69) is 41.0 Å². The van der Waals surface area contributed by atoms with Gasteiger partial charge in [-0.3, -0.25) is 20.2 Å². The van der Waals surface area contributed by atoms with E-state index in [1.165, 1.54) is 11.5 Å². The van der Waals surface area contributed by atoms with E-state index in [9.17, 15) is 14.4 Å². The van der Waals surface area contributed by atoms with Gasteiger partial charge >= 0.3 is 6.03 Å². The normalized spacial score (nSPS) is 14.1. The number of imide groups is 2. The first kappa shape index (κ1) is 19.1. The van der Waals surface area contributed by atoms with Crippen LogP contribution in [0.15, 0.2) is 72.4 Å². The first-order valence-corrected chi connectivity index (χ1v) is 10.0. The first-order valence-electron chi connectivity index (χ1n) is 9.62. The molecule has 1 aliphatic heterocycles. The highest BCUT2D eigenvalue weighted by molar-refractivity contribution is 6.32. The molecule has 0 atom stereocenters. The number of carbonyl (C=O) groups is 3. The Morgan fingerprint density at radius 3 is 2.39 bits per heavy atom. The smallest absolute Gasteiger partial charge is 0.328 e. The lowest BCUT2D eigenvalue weighted by atomic mass is 10.1. The van der Waals surface area contributed by atoms with Gasteiger partial charge in [-0.1, -0.05) is 48.0 Å². The van der Waals surface area contributed by atoms with Crippen LogP contribution in [0.3, 0.4) is 0 Å². The summed E-state index contributed by atoms with van der Waals surface area (Å²) >= 11 is 6.21. The minimum Gasteiger partial charge on any atom is -0.342 e. The summed E-state index contributed by atoms with van der Waals surface area (Å²) in [6.45, 7) is 0.600. The molecular weight excluding hydrogens is 414 g/mol. The van der Waals surface area contributed by atoms with Gasteiger partial charge in [-0.25, -0.2) is 4.79 Å². The Hall–Kier alpha value is -3.90. The minimum absolute atomic E-state index is 0.135. The van der Waals surface area contributed by atoms with E-state index in [-0.39, 0.29) is 5.57 Å². The number of carbonyl (C=O) groups excluding carboxylic acids is 3. The summed E-state index contributed by atoms with van der Waals surface area (Å²) in [5.41, 5.74) is 2.55. The molecule has 0 radical (unpaired) electrons. The van der Waals surface area contributed by atoms with E-state index in [1.54, 1.807) is 12.1 Å². The molecule has 7 heteroatoms. The highest BCUT2D eigenvalue weighted by Crippen LogP contribution is 2.28. The Bertz CT molecular complexity index is 1410. The fourth-order valence-electron chi connectivity index (χ4n) is 3.84. The summed E-state index contributed by atoms with van der Waals surface area (Å²) in [5, 5.41) is 7.86. The van der Waals surface area contributed by atoms with Gasteiger partial charge in [-0.05, 0) is 46.7 Å². The van der Waals surface area contributed by atoms with Crippen LogP contribution in [0.5, 0.6) is 0 Å². The summed E-state index contributed by atoms with van der Waals surface area (Å²) in [7, 11) is 0. The van der Waals surface area contributed by atoms with Crippen molar-refractivity contribution in [3.63, 3.8) is 0 Å². The average Bonchev–Trinajstić information content (AvgIpc) is 3.07. The van der Waals surface area contributed by atoms with Crippen molar-refractivity contribution in [1.29, 1.82) is 0 Å². The fourth-order valence-corrected chi connectivity index (χ4v) is 4.01. The molecule has 4 amide bonds. The van der Waals surface area contributed by atoms with Crippen LogP contribution in [-0.4, -0.2) is 22.4 Å². The molecule has 4 aromatic rings. The van der Waals surface area contributed by atoms with Crippen LogP contribution in [0.4, 0.5) is 4.79 Å². The van der Waals surface area contributed by atoms with Gasteiger partial charge in [-0.15, -0.1) is 0 Å². The van der Waals surface area contributed by atoms with Crippen molar-refractivity contribution in [2.75, 3.05) is 0 Å². The highest BCUT2D eigenvalue weighted by atomic mass is 35.5. The second-order valence-electron chi connectivity index (χ2n) is 7.35. The maximum absolute atomic E-state index is 12.2. The molecule has 0 aliphatic carbocycles. The van der Waals surface area contributed by atoms with E-state index >= 15 is 0 Å². The Labute approximate surface area is 182 Å². The number of benzene rings is 3. The number of nitrogens with one attached hydrogen (secondary N) is 2. The van der Waals surface area contributed by atoms with E-state index in [0.29, 0.717) is 17.1 Å². The predicted molar refractivity (Wildman–Crippen MR) is 120 cm³/mol. The molecule has 1 aliphatic rings. The molecule has 1 aromatic heterocycles. The van der Waals surface area contributed by atoms with E-state index < -0.39 is 17.8 Å². The molecule has 0 saturated carbocycles. The Morgan fingerprint density at radius 1 is 0.871 bits per heavy atom. The zero-order valence-corrected chi connectivity index (χ0v) is 16.9. The number of aromatic nitrogens is 1. The molecule has 2 heterocycles. The molecule has 0 spiro atoms. The summed E-state index contributed by atoms with van der Waals surface area (Å²) < 4.78 is 2.05. The Morgan fingerprint density at radius 2 is 1.61 bits per heavy atom. The lowest BCUT2D eigenvalue weighted by Gasteiger charge is -2.13. The number of hydrogen-bond donors (Lipinski definition) is 2. The summed E-state index contributed by atoms with van der Waals surface area (Å²) in [4.78, 5) is 35.6. The highest BCUT2D eigenvalue weighted by Gasteiger charge is 2.28. The van der Waals surface area contributed by atoms with Crippen LogP contribution >= 0.6 is 11.6 Å². The van der Waals surface area contributed by atoms with E-state index in [0.717, 1.165) is 21.9 Å². The molecule has 2 N–H and O–H groups in total. The topological polar surface area (TPSA) is 80.2 Å². The van der Waals surface area contributed by atoms with Crippen molar-refractivity contribution in [3.05, 3.63) is 88.6 Å². The standard InChI is InChI=1S/C24H16ClN3O3/c25-18-7-8-21-19(11-18)17(10-20-22(29)26-24(31)27-23(20)30)13-28(21)12-14-5-6-15-3-1-2-4-16(15)9-14/h1-11,13H,12H2,(H2,26,27,29,30,31). The lowest BCUT2D eigenvalue weighted by Crippen LogP contribution is -2.51. The van der Waals surface area contributed by atoms with Crippen molar-refractivity contribution >= 4 is 57.2 Å². The number of barbiturate groups is 1. The van der Waals surface area contributed by atoms with Crippen molar-refractivity contribution in [2.24, 2.45) is 0 Å². The van der Waals surface area contributed by atoms with Gasteiger partial charge in [0, 0.05) is 34.2 Å². The summed E-state index contributed by atoms with van der Waals surface area (Å²) in [6.07, 6.45) is 3.35. The quantitative estimate of drug-likeness (QED) is 0.377. The zero-order chi connectivity index (χ0) is 21.5. The molecule has 5 rings (SSSR count). The van der Waals surface area contributed by atoms with Crippen LogP contribution in [0.25, 0.3) is 27.8 Å². The van der Waals surface area contributed by atoms with Crippen LogP contribution in [0.2, 0.25) is 5.02 Å². The van der Waals surface area contributed by atoms with E-state index in [1.807, 2.05) is 29.0 Å². The average molecular weight is 430 g/mol. The van der Waals surface area contributed by atoms with Gasteiger partial charge in [-0.2, -0.15) is 0 Å². The van der Waals surface area contributed by atoms with Gasteiger partial charge in [0.2, 0.25) is 0 Å². The van der Waals surface area contributed by atoms with Crippen molar-refractivity contribution < 1.29 is 14.4 Å². The van der Waals surface area contributed by atoms with Crippen LogP contribution < -0.4 is 10.6 Å². The monoisotopic (exact) mass is 429 g/mol. The maximum atomic E-state index is 12.2. The summed E-state index contributed by atoms with van der Waals surface area (Å²) in [6, 6.07) is 19.2. The molecule has 1 fully saturated rings.